The first-order valence-corrected chi connectivity index (χ1v) is 6.32. The molecule has 0 N–H and O–H groups in total. The van der Waals surface area contributed by atoms with Crippen LogP contribution >= 0.6 is 11.3 Å². The third kappa shape index (κ3) is 2.77. The number of hydrogen-bond acceptors (Lipinski definition) is 4. The van der Waals surface area contributed by atoms with E-state index in [0.717, 1.165) is 22.1 Å². The number of rotatable bonds is 3. The van der Waals surface area contributed by atoms with Gasteiger partial charge in [0, 0.05) is 28.0 Å². The van der Waals surface area contributed by atoms with E-state index < -0.39 is 0 Å². The van der Waals surface area contributed by atoms with Crippen molar-refractivity contribution in [1.29, 1.82) is 0 Å². The third-order valence-electron chi connectivity index (χ3n) is 2.50. The van der Waals surface area contributed by atoms with Crippen LogP contribution in [0.5, 0.6) is 0 Å². The van der Waals surface area contributed by atoms with Crippen LogP contribution in [-0.4, -0.2) is 15.8 Å². The second-order valence-electron chi connectivity index (χ2n) is 4.07. The standard InChI is InChI=1S/C13H14N2OS/c1-8-4-5-11(10(3)14-8)12(16)6-13-15-9(2)7-17-13/h4-5,7H,6H2,1-3H3. The van der Waals surface area contributed by atoms with Gasteiger partial charge in [0.1, 0.15) is 5.01 Å². The Kier molecular flexibility index (Phi) is 3.33. The van der Waals surface area contributed by atoms with E-state index in [0.29, 0.717) is 12.0 Å². The maximum Gasteiger partial charge on any atom is 0.171 e. The number of carbonyl (C=O) groups excluding carboxylic acids is 1. The van der Waals surface area contributed by atoms with E-state index in [1.165, 1.54) is 11.3 Å². The molecule has 17 heavy (non-hydrogen) atoms. The molecule has 0 aliphatic carbocycles. The molecule has 2 rings (SSSR count). The molecule has 2 aromatic rings. The van der Waals surface area contributed by atoms with Crippen LogP contribution in [0.3, 0.4) is 0 Å². The summed E-state index contributed by atoms with van der Waals surface area (Å²) in [6.07, 6.45) is 0.365. The van der Waals surface area contributed by atoms with Gasteiger partial charge in [-0.15, -0.1) is 11.3 Å². The first-order chi connectivity index (χ1) is 8.06. The van der Waals surface area contributed by atoms with Crippen LogP contribution in [0, 0.1) is 20.8 Å². The maximum absolute atomic E-state index is 12.1. The number of Topliss-reactive ketones (excluding diaryl/α,β-unsaturated/α-hetero) is 1. The minimum absolute atomic E-state index is 0.0874. The monoisotopic (exact) mass is 246 g/mol. The maximum atomic E-state index is 12.1. The Morgan fingerprint density at radius 3 is 2.53 bits per heavy atom. The van der Waals surface area contributed by atoms with Crippen molar-refractivity contribution in [2.24, 2.45) is 0 Å². The summed E-state index contributed by atoms with van der Waals surface area (Å²) in [5.41, 5.74) is 3.40. The lowest BCUT2D eigenvalue weighted by molar-refractivity contribution is 0.0992. The molecule has 0 aliphatic rings. The summed E-state index contributed by atoms with van der Waals surface area (Å²) < 4.78 is 0. The van der Waals surface area contributed by atoms with Crippen molar-refractivity contribution < 1.29 is 4.79 Å². The molecular weight excluding hydrogens is 232 g/mol. The number of ketones is 1. The molecule has 0 spiro atoms. The molecule has 0 unspecified atom stereocenters. The van der Waals surface area contributed by atoms with Gasteiger partial charge in [0.15, 0.2) is 5.78 Å². The second kappa shape index (κ2) is 4.75. The van der Waals surface area contributed by atoms with E-state index in [1.54, 1.807) is 0 Å². The van der Waals surface area contributed by atoms with Crippen LogP contribution in [-0.2, 0) is 6.42 Å². The van der Waals surface area contributed by atoms with Gasteiger partial charge in [0.2, 0.25) is 0 Å². The lowest BCUT2D eigenvalue weighted by Crippen LogP contribution is -2.07. The first kappa shape index (κ1) is 11.9. The Balaban J connectivity index is 2.20. The molecule has 2 heterocycles. The number of carbonyl (C=O) groups is 1. The van der Waals surface area contributed by atoms with Gasteiger partial charge in [-0.05, 0) is 32.9 Å². The Hall–Kier alpha value is -1.55. The third-order valence-corrected chi connectivity index (χ3v) is 3.47. The fraction of sp³-hybridized carbons (Fsp3) is 0.308. The molecular formula is C13H14N2OS. The fourth-order valence-corrected chi connectivity index (χ4v) is 2.47. The zero-order valence-electron chi connectivity index (χ0n) is 10.2. The first-order valence-electron chi connectivity index (χ1n) is 5.44. The minimum atomic E-state index is 0.0874. The number of hydrogen-bond donors (Lipinski definition) is 0. The second-order valence-corrected chi connectivity index (χ2v) is 5.01. The summed E-state index contributed by atoms with van der Waals surface area (Å²) in [4.78, 5) is 20.7. The average Bonchev–Trinajstić information content (AvgIpc) is 2.63. The van der Waals surface area contributed by atoms with Crippen LogP contribution in [0.1, 0.15) is 32.4 Å². The molecule has 88 valence electrons. The normalized spacial score (nSPS) is 10.5. The topological polar surface area (TPSA) is 42.9 Å². The summed E-state index contributed by atoms with van der Waals surface area (Å²) in [5, 5.41) is 2.83. The van der Waals surface area contributed by atoms with Gasteiger partial charge < -0.3 is 0 Å². The van der Waals surface area contributed by atoms with Gasteiger partial charge in [-0.25, -0.2) is 4.98 Å². The summed E-state index contributed by atoms with van der Waals surface area (Å²) in [6.45, 7) is 5.72. The number of thiazole rings is 1. The van der Waals surface area contributed by atoms with E-state index >= 15 is 0 Å². The van der Waals surface area contributed by atoms with Gasteiger partial charge in [0.25, 0.3) is 0 Å². The molecule has 4 heteroatoms. The van der Waals surface area contributed by atoms with Crippen molar-refractivity contribution >= 4 is 17.1 Å². The molecule has 0 aromatic carbocycles. The Morgan fingerprint density at radius 1 is 1.18 bits per heavy atom. The van der Waals surface area contributed by atoms with E-state index in [1.807, 2.05) is 38.3 Å². The largest absolute Gasteiger partial charge is 0.294 e. The zero-order valence-corrected chi connectivity index (χ0v) is 11.0. The van der Waals surface area contributed by atoms with Gasteiger partial charge in [0.05, 0.1) is 6.42 Å². The van der Waals surface area contributed by atoms with Gasteiger partial charge in [-0.1, -0.05) is 0 Å². The summed E-state index contributed by atoms with van der Waals surface area (Å²) in [7, 11) is 0. The SMILES string of the molecule is Cc1csc(CC(=O)c2ccc(C)nc2C)n1. The lowest BCUT2D eigenvalue weighted by Gasteiger charge is -2.03. The van der Waals surface area contributed by atoms with Gasteiger partial charge in [-0.2, -0.15) is 0 Å². The molecule has 0 aliphatic heterocycles. The lowest BCUT2D eigenvalue weighted by atomic mass is 10.1. The molecule has 0 saturated heterocycles. The van der Waals surface area contributed by atoms with E-state index in [-0.39, 0.29) is 5.78 Å². The van der Waals surface area contributed by atoms with Gasteiger partial charge in [-0.3, -0.25) is 9.78 Å². The minimum Gasteiger partial charge on any atom is -0.294 e. The number of aryl methyl sites for hydroxylation is 3. The molecule has 0 saturated carbocycles. The number of nitrogens with zero attached hydrogens (tertiary/aromatic N) is 2. The molecule has 0 radical (unpaired) electrons. The van der Waals surface area contributed by atoms with E-state index in [2.05, 4.69) is 9.97 Å². The van der Waals surface area contributed by atoms with Gasteiger partial charge >= 0.3 is 0 Å². The predicted octanol–water partition coefficient (Wildman–Crippen LogP) is 2.89. The van der Waals surface area contributed by atoms with Crippen LogP contribution < -0.4 is 0 Å². The predicted molar refractivity (Wildman–Crippen MR) is 68.6 cm³/mol. The highest BCUT2D eigenvalue weighted by Crippen LogP contribution is 2.14. The van der Waals surface area contributed by atoms with Crippen LogP contribution in [0.25, 0.3) is 0 Å². The smallest absolute Gasteiger partial charge is 0.171 e. The van der Waals surface area contributed by atoms with Crippen LogP contribution in [0.4, 0.5) is 0 Å². The van der Waals surface area contributed by atoms with Crippen molar-refractivity contribution in [2.75, 3.05) is 0 Å². The van der Waals surface area contributed by atoms with Crippen LogP contribution in [0.2, 0.25) is 0 Å². The van der Waals surface area contributed by atoms with Crippen molar-refractivity contribution in [3.8, 4) is 0 Å². The Bertz CT molecular complexity index is 560. The van der Waals surface area contributed by atoms with Crippen molar-refractivity contribution in [1.82, 2.24) is 9.97 Å². The van der Waals surface area contributed by atoms with Crippen LogP contribution in [0.15, 0.2) is 17.5 Å². The Morgan fingerprint density at radius 2 is 1.94 bits per heavy atom. The molecule has 0 amide bonds. The number of aromatic nitrogens is 2. The molecule has 0 atom stereocenters. The quantitative estimate of drug-likeness (QED) is 0.782. The highest BCUT2D eigenvalue weighted by molar-refractivity contribution is 7.09. The van der Waals surface area contributed by atoms with Crippen molar-refractivity contribution in [3.05, 3.63) is 45.2 Å². The Labute approximate surface area is 105 Å². The zero-order chi connectivity index (χ0) is 12.4. The highest BCUT2D eigenvalue weighted by Gasteiger charge is 2.12. The van der Waals surface area contributed by atoms with E-state index in [9.17, 15) is 4.79 Å². The summed E-state index contributed by atoms with van der Waals surface area (Å²) in [5.74, 6) is 0.0874. The fourth-order valence-electron chi connectivity index (χ4n) is 1.70. The molecule has 0 bridgehead atoms. The molecule has 2 aromatic heterocycles. The highest BCUT2D eigenvalue weighted by atomic mass is 32.1. The summed E-state index contributed by atoms with van der Waals surface area (Å²) >= 11 is 1.53. The molecule has 0 fully saturated rings. The number of pyridine rings is 1. The average molecular weight is 246 g/mol. The summed E-state index contributed by atoms with van der Waals surface area (Å²) in [6, 6.07) is 3.72. The van der Waals surface area contributed by atoms with Crippen molar-refractivity contribution in [3.63, 3.8) is 0 Å². The van der Waals surface area contributed by atoms with Crippen molar-refractivity contribution in [2.45, 2.75) is 27.2 Å². The van der Waals surface area contributed by atoms with E-state index in [4.69, 9.17) is 0 Å². The molecule has 3 nitrogen and oxygen atoms in total.